The van der Waals surface area contributed by atoms with Gasteiger partial charge in [-0.05, 0) is 12.1 Å². The van der Waals surface area contributed by atoms with Gasteiger partial charge in [-0.15, -0.1) is 0 Å². The van der Waals surface area contributed by atoms with Gasteiger partial charge in [0.25, 0.3) is 0 Å². The molecule has 0 saturated heterocycles. The van der Waals surface area contributed by atoms with E-state index in [1.54, 1.807) is 0 Å². The number of alkyl halides is 6. The highest BCUT2D eigenvalue weighted by Crippen LogP contribution is 2.42. The first-order chi connectivity index (χ1) is 10.3. The average molecular weight is 399 g/mol. The molecule has 23 heavy (non-hydrogen) atoms. The highest BCUT2D eigenvalue weighted by molar-refractivity contribution is 6.38. The van der Waals surface area contributed by atoms with Crippen LogP contribution < -0.4 is 5.73 Å². The van der Waals surface area contributed by atoms with Crippen LogP contribution in [0.3, 0.4) is 0 Å². The summed E-state index contributed by atoms with van der Waals surface area (Å²) in [7, 11) is 0. The molecule has 0 aliphatic rings. The van der Waals surface area contributed by atoms with Gasteiger partial charge in [0.2, 0.25) is 0 Å². The van der Waals surface area contributed by atoms with Crippen molar-refractivity contribution in [3.8, 4) is 5.69 Å². The standard InChI is InChI=1S/C11H4Cl3F6N3/c12-4-1-3(10(15,16)17)2-5(13)7(4)23-9(21)6(14)8(22-23)11(18,19)20/h1-2H,21H2. The fraction of sp³-hybridized carbons (Fsp3) is 0.182. The van der Waals surface area contributed by atoms with Crippen molar-refractivity contribution in [2.75, 3.05) is 5.73 Å². The SMILES string of the molecule is Nc1c(Cl)c(C(F)(F)F)nn1-c1c(Cl)cc(C(F)(F)F)cc1Cl. The highest BCUT2D eigenvalue weighted by atomic mass is 35.5. The molecule has 1 aromatic heterocycles. The Morgan fingerprint density at radius 1 is 0.913 bits per heavy atom. The van der Waals surface area contributed by atoms with E-state index in [0.717, 1.165) is 0 Å². The van der Waals surface area contributed by atoms with Gasteiger partial charge >= 0.3 is 12.4 Å². The van der Waals surface area contributed by atoms with Crippen molar-refractivity contribution < 1.29 is 26.3 Å². The largest absolute Gasteiger partial charge is 0.436 e. The van der Waals surface area contributed by atoms with Crippen molar-refractivity contribution in [3.63, 3.8) is 0 Å². The summed E-state index contributed by atoms with van der Waals surface area (Å²) >= 11 is 16.9. The van der Waals surface area contributed by atoms with Gasteiger partial charge in [0, 0.05) is 0 Å². The number of nitrogens with zero attached hydrogens (tertiary/aromatic N) is 2. The van der Waals surface area contributed by atoms with Gasteiger partial charge in [-0.2, -0.15) is 31.4 Å². The van der Waals surface area contributed by atoms with E-state index in [0.29, 0.717) is 16.8 Å². The highest BCUT2D eigenvalue weighted by Gasteiger charge is 2.39. The zero-order valence-electron chi connectivity index (χ0n) is 10.5. The minimum Gasteiger partial charge on any atom is -0.382 e. The monoisotopic (exact) mass is 397 g/mol. The first kappa shape index (κ1) is 18.0. The van der Waals surface area contributed by atoms with E-state index in [9.17, 15) is 26.3 Å². The predicted octanol–water partition coefficient (Wildman–Crippen LogP) is 5.45. The van der Waals surface area contributed by atoms with E-state index in [1.807, 2.05) is 0 Å². The molecule has 1 aromatic carbocycles. The van der Waals surface area contributed by atoms with E-state index in [-0.39, 0.29) is 0 Å². The molecule has 0 saturated carbocycles. The van der Waals surface area contributed by atoms with Crippen LogP contribution in [-0.4, -0.2) is 9.78 Å². The molecule has 12 heteroatoms. The molecule has 2 N–H and O–H groups in total. The molecule has 0 aliphatic carbocycles. The summed E-state index contributed by atoms with van der Waals surface area (Å²) in [6.07, 6.45) is -9.66. The van der Waals surface area contributed by atoms with Gasteiger partial charge in [-0.1, -0.05) is 34.8 Å². The number of halogens is 9. The lowest BCUT2D eigenvalue weighted by molar-refractivity contribution is -0.141. The summed E-state index contributed by atoms with van der Waals surface area (Å²) in [4.78, 5) is 0. The van der Waals surface area contributed by atoms with Gasteiger partial charge in [0.05, 0.1) is 15.6 Å². The summed E-state index contributed by atoms with van der Waals surface area (Å²) in [5.41, 5.74) is 2.29. The number of nitrogens with two attached hydrogens (primary N) is 1. The van der Waals surface area contributed by atoms with Gasteiger partial charge in [-0.3, -0.25) is 0 Å². The maximum Gasteiger partial charge on any atom is 0.436 e. The van der Waals surface area contributed by atoms with Gasteiger partial charge < -0.3 is 5.73 Å². The van der Waals surface area contributed by atoms with Gasteiger partial charge in [0.15, 0.2) is 5.69 Å². The summed E-state index contributed by atoms with van der Waals surface area (Å²) in [6.45, 7) is 0. The van der Waals surface area contributed by atoms with Crippen molar-refractivity contribution in [2.24, 2.45) is 0 Å². The lowest BCUT2D eigenvalue weighted by Crippen LogP contribution is -2.10. The molecular weight excluding hydrogens is 394 g/mol. The smallest absolute Gasteiger partial charge is 0.382 e. The minimum absolute atomic E-state index is 0.440. The van der Waals surface area contributed by atoms with Crippen LogP contribution in [0.5, 0.6) is 0 Å². The maximum atomic E-state index is 12.7. The van der Waals surface area contributed by atoms with Crippen molar-refractivity contribution in [3.05, 3.63) is 38.5 Å². The normalized spacial score (nSPS) is 12.7. The van der Waals surface area contributed by atoms with Crippen LogP contribution in [0.25, 0.3) is 5.69 Å². The Balaban J connectivity index is 2.69. The maximum absolute atomic E-state index is 12.7. The molecule has 126 valence electrons. The lowest BCUT2D eigenvalue weighted by Gasteiger charge is -2.13. The molecule has 0 aliphatic heterocycles. The van der Waals surface area contributed by atoms with Crippen molar-refractivity contribution in [1.29, 1.82) is 0 Å². The third-order valence-corrected chi connectivity index (χ3v) is 3.63. The van der Waals surface area contributed by atoms with Crippen molar-refractivity contribution in [1.82, 2.24) is 9.78 Å². The Morgan fingerprint density at radius 3 is 1.74 bits per heavy atom. The quantitative estimate of drug-likeness (QED) is 0.649. The number of rotatable bonds is 1. The Morgan fingerprint density at radius 2 is 1.39 bits per heavy atom. The van der Waals surface area contributed by atoms with Crippen LogP contribution in [0.2, 0.25) is 15.1 Å². The summed E-state index contributed by atoms with van der Waals surface area (Å²) in [5.74, 6) is -0.664. The van der Waals surface area contributed by atoms with E-state index >= 15 is 0 Å². The number of aromatic nitrogens is 2. The Kier molecular flexibility index (Phi) is 4.42. The number of nitrogen functional groups attached to an aromatic ring is 1. The summed E-state index contributed by atoms with van der Waals surface area (Å²) in [5, 5.41) is 1.05. The van der Waals surface area contributed by atoms with Crippen LogP contribution in [0.15, 0.2) is 12.1 Å². The predicted molar refractivity (Wildman–Crippen MR) is 73.0 cm³/mol. The van der Waals surface area contributed by atoms with E-state index in [2.05, 4.69) is 5.10 Å². The van der Waals surface area contributed by atoms with Crippen LogP contribution in [0.4, 0.5) is 32.2 Å². The second-order valence-corrected chi connectivity index (χ2v) is 5.44. The lowest BCUT2D eigenvalue weighted by atomic mass is 10.2. The van der Waals surface area contributed by atoms with Crippen LogP contribution in [0, 0.1) is 0 Å². The van der Waals surface area contributed by atoms with Crippen LogP contribution >= 0.6 is 34.8 Å². The third-order valence-electron chi connectivity index (χ3n) is 2.69. The molecule has 0 fully saturated rings. The molecular formula is C11H4Cl3F6N3. The molecule has 0 spiro atoms. The van der Waals surface area contributed by atoms with E-state index in [4.69, 9.17) is 40.5 Å². The van der Waals surface area contributed by atoms with Crippen molar-refractivity contribution in [2.45, 2.75) is 12.4 Å². The second-order valence-electron chi connectivity index (χ2n) is 4.24. The molecule has 0 unspecified atom stereocenters. The summed E-state index contributed by atoms with van der Waals surface area (Å²) < 4.78 is 76.6. The van der Waals surface area contributed by atoms with Crippen LogP contribution in [-0.2, 0) is 12.4 Å². The zero-order valence-corrected chi connectivity index (χ0v) is 12.8. The topological polar surface area (TPSA) is 43.8 Å². The van der Waals surface area contributed by atoms with Crippen molar-refractivity contribution >= 4 is 40.6 Å². The molecule has 2 aromatic rings. The third kappa shape index (κ3) is 3.31. The number of hydrogen-bond acceptors (Lipinski definition) is 2. The first-order valence-corrected chi connectivity index (χ1v) is 6.65. The number of benzene rings is 1. The average Bonchev–Trinajstić information content (AvgIpc) is 2.65. The number of hydrogen-bond donors (Lipinski definition) is 1. The Hall–Kier alpha value is -1.32. The Labute approximate surface area is 139 Å². The van der Waals surface area contributed by atoms with Gasteiger partial charge in [-0.25, -0.2) is 4.68 Å². The fourth-order valence-electron chi connectivity index (χ4n) is 1.70. The fourth-order valence-corrected chi connectivity index (χ4v) is 2.57. The molecule has 0 bridgehead atoms. The molecule has 2 rings (SSSR count). The molecule has 0 amide bonds. The molecule has 0 radical (unpaired) electrons. The molecule has 1 heterocycles. The minimum atomic E-state index is -4.92. The molecule has 3 nitrogen and oxygen atoms in total. The second kappa shape index (κ2) is 5.64. The summed E-state index contributed by atoms with van der Waals surface area (Å²) in [6, 6.07) is 0.982. The first-order valence-electron chi connectivity index (χ1n) is 5.52. The van der Waals surface area contributed by atoms with Gasteiger partial charge in [0.1, 0.15) is 16.5 Å². The van der Waals surface area contributed by atoms with E-state index < -0.39 is 50.2 Å². The number of anilines is 1. The van der Waals surface area contributed by atoms with Crippen LogP contribution in [0.1, 0.15) is 11.3 Å². The zero-order chi connectivity index (χ0) is 17.7. The Bertz CT molecular complexity index is 743. The van der Waals surface area contributed by atoms with E-state index in [1.165, 1.54) is 0 Å². The molecule has 0 atom stereocenters.